The maximum atomic E-state index is 12.8. The van der Waals surface area contributed by atoms with Crippen LogP contribution in [0.2, 0.25) is 0 Å². The summed E-state index contributed by atoms with van der Waals surface area (Å²) in [7, 11) is 0. The Labute approximate surface area is 121 Å². The highest BCUT2D eigenvalue weighted by molar-refractivity contribution is 5.90. The molecule has 0 spiro atoms. The van der Waals surface area contributed by atoms with Crippen LogP contribution in [0.5, 0.6) is 0 Å². The number of nitrogens with zero attached hydrogens (tertiary/aromatic N) is 1. The van der Waals surface area contributed by atoms with E-state index in [1.807, 2.05) is 17.9 Å². The van der Waals surface area contributed by atoms with Crippen molar-refractivity contribution in [2.75, 3.05) is 6.54 Å². The fourth-order valence-electron chi connectivity index (χ4n) is 3.41. The lowest BCUT2D eigenvalue weighted by Crippen LogP contribution is -2.51. The second kappa shape index (κ2) is 6.91. The summed E-state index contributed by atoms with van der Waals surface area (Å²) in [6.07, 6.45) is 8.74. The number of carbonyl (C=O) groups is 2. The van der Waals surface area contributed by atoms with Crippen LogP contribution < -0.4 is 5.32 Å². The minimum absolute atomic E-state index is 0.0160. The maximum absolute atomic E-state index is 12.8. The van der Waals surface area contributed by atoms with Crippen LogP contribution in [0, 0.1) is 5.92 Å². The molecule has 1 N–H and O–H groups in total. The molecule has 2 amide bonds. The lowest BCUT2D eigenvalue weighted by Gasteiger charge is -2.34. The van der Waals surface area contributed by atoms with Crippen LogP contribution in [0.1, 0.15) is 51.9 Å². The zero-order valence-electron chi connectivity index (χ0n) is 12.4. The first-order chi connectivity index (χ1) is 9.63. The molecule has 1 saturated heterocycles. The van der Waals surface area contributed by atoms with Gasteiger partial charge < -0.3 is 10.2 Å². The number of rotatable bonds is 4. The Balaban J connectivity index is 2.13. The fraction of sp³-hybridized carbons (Fsp3) is 0.750. The van der Waals surface area contributed by atoms with Gasteiger partial charge in [0.25, 0.3) is 0 Å². The molecule has 4 nitrogen and oxygen atoms in total. The Bertz CT molecular complexity index is 375. The minimum atomic E-state index is -0.308. The predicted octanol–water partition coefficient (Wildman–Crippen LogP) is 2.25. The third kappa shape index (κ3) is 3.41. The molecule has 2 fully saturated rings. The molecule has 2 aliphatic rings. The second-order valence-corrected chi connectivity index (χ2v) is 6.10. The third-order valence-corrected chi connectivity index (χ3v) is 4.61. The molecule has 0 bridgehead atoms. The average Bonchev–Trinajstić information content (AvgIpc) is 2.60. The zero-order valence-corrected chi connectivity index (χ0v) is 12.4. The quantitative estimate of drug-likeness (QED) is 0.802. The highest BCUT2D eigenvalue weighted by Gasteiger charge is 2.37. The SMILES string of the molecule is C=CCC(C)N1CCC(=O)NC(C2CCCCC2)C1=O. The van der Waals surface area contributed by atoms with Crippen molar-refractivity contribution in [3.63, 3.8) is 0 Å². The molecule has 4 heteroatoms. The van der Waals surface area contributed by atoms with E-state index < -0.39 is 0 Å². The third-order valence-electron chi connectivity index (χ3n) is 4.61. The van der Waals surface area contributed by atoms with Gasteiger partial charge in [0.15, 0.2) is 0 Å². The van der Waals surface area contributed by atoms with Gasteiger partial charge in [0.05, 0.1) is 0 Å². The first kappa shape index (κ1) is 15.1. The molecule has 112 valence electrons. The summed E-state index contributed by atoms with van der Waals surface area (Å²) in [5, 5.41) is 2.97. The normalized spacial score (nSPS) is 26.9. The summed E-state index contributed by atoms with van der Waals surface area (Å²) in [4.78, 5) is 26.6. The van der Waals surface area contributed by atoms with E-state index >= 15 is 0 Å². The van der Waals surface area contributed by atoms with E-state index in [9.17, 15) is 9.59 Å². The van der Waals surface area contributed by atoms with Crippen LogP contribution in [-0.2, 0) is 9.59 Å². The molecule has 1 aliphatic heterocycles. The summed E-state index contributed by atoms with van der Waals surface area (Å²) >= 11 is 0. The van der Waals surface area contributed by atoms with Gasteiger partial charge in [-0.25, -0.2) is 0 Å². The molecule has 0 radical (unpaired) electrons. The Morgan fingerprint density at radius 2 is 2.05 bits per heavy atom. The molecule has 0 aromatic heterocycles. The minimum Gasteiger partial charge on any atom is -0.344 e. The van der Waals surface area contributed by atoms with E-state index in [-0.39, 0.29) is 23.9 Å². The van der Waals surface area contributed by atoms with Crippen molar-refractivity contribution in [3.8, 4) is 0 Å². The molecule has 2 unspecified atom stereocenters. The van der Waals surface area contributed by atoms with Gasteiger partial charge in [0, 0.05) is 19.0 Å². The molecular weight excluding hydrogens is 252 g/mol. The van der Waals surface area contributed by atoms with Gasteiger partial charge in [-0.2, -0.15) is 0 Å². The van der Waals surface area contributed by atoms with E-state index in [0.29, 0.717) is 18.9 Å². The first-order valence-electron chi connectivity index (χ1n) is 7.84. The molecule has 0 aromatic rings. The van der Waals surface area contributed by atoms with Gasteiger partial charge in [-0.3, -0.25) is 9.59 Å². The van der Waals surface area contributed by atoms with E-state index in [1.54, 1.807) is 0 Å². The van der Waals surface area contributed by atoms with Crippen LogP contribution in [0.15, 0.2) is 12.7 Å². The van der Waals surface area contributed by atoms with E-state index in [2.05, 4.69) is 11.9 Å². The lowest BCUT2D eigenvalue weighted by atomic mass is 9.83. The largest absolute Gasteiger partial charge is 0.344 e. The van der Waals surface area contributed by atoms with Gasteiger partial charge >= 0.3 is 0 Å². The summed E-state index contributed by atoms with van der Waals surface area (Å²) in [5.74, 6) is 0.441. The fourth-order valence-corrected chi connectivity index (χ4v) is 3.41. The van der Waals surface area contributed by atoms with Gasteiger partial charge in [0.2, 0.25) is 11.8 Å². The molecule has 2 rings (SSSR count). The molecule has 1 saturated carbocycles. The number of carbonyl (C=O) groups excluding carboxylic acids is 2. The standard InChI is InChI=1S/C16H26N2O2/c1-3-7-12(2)18-11-10-14(19)17-15(16(18)20)13-8-5-4-6-9-13/h3,12-13,15H,1,4-11H2,2H3,(H,17,19). The molecule has 20 heavy (non-hydrogen) atoms. The van der Waals surface area contributed by atoms with Gasteiger partial charge in [-0.1, -0.05) is 25.3 Å². The first-order valence-corrected chi connectivity index (χ1v) is 7.84. The van der Waals surface area contributed by atoms with Crippen LogP contribution in [0.25, 0.3) is 0 Å². The van der Waals surface area contributed by atoms with Crippen molar-refractivity contribution >= 4 is 11.8 Å². The van der Waals surface area contributed by atoms with Gasteiger partial charge in [-0.15, -0.1) is 6.58 Å². The van der Waals surface area contributed by atoms with E-state index in [0.717, 1.165) is 19.3 Å². The highest BCUT2D eigenvalue weighted by atomic mass is 16.2. The summed E-state index contributed by atoms with van der Waals surface area (Å²) in [6.45, 7) is 6.31. The smallest absolute Gasteiger partial charge is 0.245 e. The van der Waals surface area contributed by atoms with Gasteiger partial charge in [0.1, 0.15) is 6.04 Å². The van der Waals surface area contributed by atoms with Crippen LogP contribution in [0.4, 0.5) is 0 Å². The highest BCUT2D eigenvalue weighted by Crippen LogP contribution is 2.28. The number of nitrogens with one attached hydrogen (secondary N) is 1. The average molecular weight is 278 g/mol. The number of hydrogen-bond donors (Lipinski definition) is 1. The summed E-state index contributed by atoms with van der Waals surface area (Å²) < 4.78 is 0. The van der Waals surface area contributed by atoms with Crippen molar-refractivity contribution < 1.29 is 9.59 Å². The van der Waals surface area contributed by atoms with E-state index in [1.165, 1.54) is 19.3 Å². The zero-order chi connectivity index (χ0) is 14.5. The lowest BCUT2D eigenvalue weighted by molar-refractivity contribution is -0.137. The van der Waals surface area contributed by atoms with Crippen LogP contribution in [-0.4, -0.2) is 35.3 Å². The molecule has 0 aromatic carbocycles. The Kier molecular flexibility index (Phi) is 5.21. The maximum Gasteiger partial charge on any atom is 0.245 e. The Hall–Kier alpha value is -1.32. The molecular formula is C16H26N2O2. The molecule has 2 atom stereocenters. The topological polar surface area (TPSA) is 49.4 Å². The van der Waals surface area contributed by atoms with Crippen molar-refractivity contribution in [2.45, 2.75) is 64.0 Å². The number of hydrogen-bond acceptors (Lipinski definition) is 2. The number of amides is 2. The predicted molar refractivity (Wildman–Crippen MR) is 79.1 cm³/mol. The Morgan fingerprint density at radius 3 is 2.70 bits per heavy atom. The van der Waals surface area contributed by atoms with Crippen molar-refractivity contribution in [3.05, 3.63) is 12.7 Å². The van der Waals surface area contributed by atoms with Gasteiger partial charge in [-0.05, 0) is 32.1 Å². The van der Waals surface area contributed by atoms with Crippen molar-refractivity contribution in [2.24, 2.45) is 5.92 Å². The van der Waals surface area contributed by atoms with Crippen LogP contribution >= 0.6 is 0 Å². The van der Waals surface area contributed by atoms with Crippen molar-refractivity contribution in [1.29, 1.82) is 0 Å². The second-order valence-electron chi connectivity index (χ2n) is 6.10. The van der Waals surface area contributed by atoms with Crippen molar-refractivity contribution in [1.82, 2.24) is 10.2 Å². The summed E-state index contributed by atoms with van der Waals surface area (Å²) in [5.41, 5.74) is 0. The summed E-state index contributed by atoms with van der Waals surface area (Å²) in [6, 6.07) is -0.184. The Morgan fingerprint density at radius 1 is 1.35 bits per heavy atom. The van der Waals surface area contributed by atoms with Crippen LogP contribution in [0.3, 0.4) is 0 Å². The molecule has 1 heterocycles. The monoisotopic (exact) mass is 278 g/mol. The van der Waals surface area contributed by atoms with E-state index in [4.69, 9.17) is 0 Å². The molecule has 1 aliphatic carbocycles.